The molecule has 2 aromatic carbocycles. The molecule has 1 saturated heterocycles. The number of nitrogens with one attached hydrogen (secondary N) is 1. The first-order valence-corrected chi connectivity index (χ1v) is 7.79. The van der Waals surface area contributed by atoms with E-state index in [1.807, 2.05) is 0 Å². The van der Waals surface area contributed by atoms with E-state index in [1.54, 1.807) is 24.3 Å². The molecule has 0 aliphatic carbocycles. The summed E-state index contributed by atoms with van der Waals surface area (Å²) >= 11 is 5.81. The van der Waals surface area contributed by atoms with E-state index in [1.165, 1.54) is 11.0 Å². The van der Waals surface area contributed by atoms with E-state index < -0.39 is 29.7 Å². The summed E-state index contributed by atoms with van der Waals surface area (Å²) in [7, 11) is 0. The van der Waals surface area contributed by atoms with Crippen LogP contribution in [0.4, 0.5) is 19.3 Å². The average Bonchev–Trinajstić information content (AvgIpc) is 2.96. The molecule has 0 aromatic heterocycles. The van der Waals surface area contributed by atoms with Crippen molar-refractivity contribution in [1.29, 1.82) is 0 Å². The molecule has 0 bridgehead atoms. The second-order valence-corrected chi connectivity index (χ2v) is 5.87. The molecule has 130 valence electrons. The molecule has 1 unspecified atom stereocenters. The number of carbonyl (C=O) groups is 2. The number of halogens is 3. The van der Waals surface area contributed by atoms with Crippen LogP contribution in [0.3, 0.4) is 0 Å². The number of carbonyl (C=O) groups excluding carboxylic acids is 2. The summed E-state index contributed by atoms with van der Waals surface area (Å²) in [6, 6.07) is 9.55. The van der Waals surface area contributed by atoms with Crippen LogP contribution in [0.1, 0.15) is 10.4 Å². The third kappa shape index (κ3) is 3.88. The van der Waals surface area contributed by atoms with Gasteiger partial charge in [-0.2, -0.15) is 0 Å². The summed E-state index contributed by atoms with van der Waals surface area (Å²) in [4.78, 5) is 25.3. The van der Waals surface area contributed by atoms with Gasteiger partial charge >= 0.3 is 6.09 Å². The molecule has 5 nitrogen and oxygen atoms in total. The van der Waals surface area contributed by atoms with E-state index >= 15 is 0 Å². The summed E-state index contributed by atoms with van der Waals surface area (Å²) < 4.78 is 31.2. The Morgan fingerprint density at radius 3 is 2.60 bits per heavy atom. The van der Waals surface area contributed by atoms with E-state index in [0.29, 0.717) is 10.7 Å². The van der Waals surface area contributed by atoms with Crippen molar-refractivity contribution in [1.82, 2.24) is 5.32 Å². The highest BCUT2D eigenvalue weighted by molar-refractivity contribution is 6.30. The van der Waals surface area contributed by atoms with Crippen LogP contribution in [0.15, 0.2) is 42.5 Å². The highest BCUT2D eigenvalue weighted by atomic mass is 35.5. The Morgan fingerprint density at radius 1 is 1.20 bits per heavy atom. The maximum absolute atomic E-state index is 13.2. The molecule has 0 saturated carbocycles. The highest BCUT2D eigenvalue weighted by Crippen LogP contribution is 2.23. The number of hydrogen-bond donors (Lipinski definition) is 1. The van der Waals surface area contributed by atoms with Gasteiger partial charge in [-0.25, -0.2) is 13.6 Å². The van der Waals surface area contributed by atoms with Gasteiger partial charge in [-0.05, 0) is 42.5 Å². The SMILES string of the molecule is O=C(NCC1CN(c2ccc(Cl)cc2)C(=O)O1)c1ccc(F)c(F)c1. The first-order chi connectivity index (χ1) is 11.9. The van der Waals surface area contributed by atoms with Crippen LogP contribution in [0, 0.1) is 11.6 Å². The minimum Gasteiger partial charge on any atom is -0.442 e. The fourth-order valence-corrected chi connectivity index (χ4v) is 2.53. The van der Waals surface area contributed by atoms with Crippen molar-refractivity contribution in [2.45, 2.75) is 6.10 Å². The van der Waals surface area contributed by atoms with Gasteiger partial charge in [0.2, 0.25) is 0 Å². The van der Waals surface area contributed by atoms with Crippen LogP contribution in [0.25, 0.3) is 0 Å². The van der Waals surface area contributed by atoms with Crippen molar-refractivity contribution in [2.24, 2.45) is 0 Å². The average molecular weight is 367 g/mol. The second-order valence-electron chi connectivity index (χ2n) is 5.43. The van der Waals surface area contributed by atoms with Crippen LogP contribution in [0.5, 0.6) is 0 Å². The quantitative estimate of drug-likeness (QED) is 0.902. The molecule has 1 N–H and O–H groups in total. The molecule has 1 heterocycles. The molecular weight excluding hydrogens is 354 g/mol. The molecule has 25 heavy (non-hydrogen) atoms. The highest BCUT2D eigenvalue weighted by Gasteiger charge is 2.32. The van der Waals surface area contributed by atoms with Gasteiger partial charge in [-0.3, -0.25) is 9.69 Å². The van der Waals surface area contributed by atoms with Crippen molar-refractivity contribution in [2.75, 3.05) is 18.0 Å². The van der Waals surface area contributed by atoms with Crippen LogP contribution in [-0.4, -0.2) is 31.2 Å². The molecule has 2 amide bonds. The predicted octanol–water partition coefficient (Wildman–Crippen LogP) is 3.37. The third-order valence-corrected chi connectivity index (χ3v) is 3.94. The number of nitrogens with zero attached hydrogens (tertiary/aromatic N) is 1. The van der Waals surface area contributed by atoms with E-state index in [0.717, 1.165) is 12.1 Å². The van der Waals surface area contributed by atoms with Crippen molar-refractivity contribution < 1.29 is 23.1 Å². The predicted molar refractivity (Wildman–Crippen MR) is 87.8 cm³/mol. The van der Waals surface area contributed by atoms with Gasteiger partial charge in [0, 0.05) is 16.3 Å². The van der Waals surface area contributed by atoms with Gasteiger partial charge in [0.25, 0.3) is 5.91 Å². The lowest BCUT2D eigenvalue weighted by molar-refractivity contribution is 0.0915. The summed E-state index contributed by atoms with van der Waals surface area (Å²) in [5, 5.41) is 3.08. The molecular formula is C17H13ClF2N2O3. The van der Waals surface area contributed by atoms with Crippen molar-refractivity contribution >= 4 is 29.3 Å². The number of anilines is 1. The smallest absolute Gasteiger partial charge is 0.414 e. The minimum absolute atomic E-state index is 0.0159. The van der Waals surface area contributed by atoms with E-state index in [-0.39, 0.29) is 18.7 Å². The van der Waals surface area contributed by atoms with Crippen molar-refractivity contribution in [3.63, 3.8) is 0 Å². The zero-order chi connectivity index (χ0) is 18.0. The van der Waals surface area contributed by atoms with Crippen molar-refractivity contribution in [3.8, 4) is 0 Å². The van der Waals surface area contributed by atoms with Gasteiger partial charge in [0.1, 0.15) is 6.10 Å². The van der Waals surface area contributed by atoms with E-state index in [2.05, 4.69) is 5.32 Å². The van der Waals surface area contributed by atoms with Gasteiger partial charge in [0.05, 0.1) is 13.1 Å². The molecule has 8 heteroatoms. The first kappa shape index (κ1) is 17.2. The molecule has 1 fully saturated rings. The van der Waals surface area contributed by atoms with Gasteiger partial charge in [0.15, 0.2) is 11.6 Å². The zero-order valence-electron chi connectivity index (χ0n) is 12.8. The Hall–Kier alpha value is -2.67. The Bertz CT molecular complexity index is 814. The largest absolute Gasteiger partial charge is 0.442 e. The Kier molecular flexibility index (Phi) is 4.85. The number of ether oxygens (including phenoxy) is 1. The molecule has 1 aliphatic heterocycles. The number of rotatable bonds is 4. The lowest BCUT2D eigenvalue weighted by Gasteiger charge is -2.13. The van der Waals surface area contributed by atoms with Crippen molar-refractivity contribution in [3.05, 3.63) is 64.7 Å². The van der Waals surface area contributed by atoms with Crippen LogP contribution in [-0.2, 0) is 4.74 Å². The van der Waals surface area contributed by atoms with Crippen LogP contribution < -0.4 is 10.2 Å². The Labute approximate surface area is 147 Å². The maximum atomic E-state index is 13.2. The van der Waals surface area contributed by atoms with Crippen LogP contribution in [0.2, 0.25) is 5.02 Å². The number of amides is 2. The fraction of sp³-hybridized carbons (Fsp3) is 0.176. The fourth-order valence-electron chi connectivity index (χ4n) is 2.41. The Balaban J connectivity index is 1.59. The molecule has 0 spiro atoms. The second kappa shape index (κ2) is 7.06. The van der Waals surface area contributed by atoms with E-state index in [4.69, 9.17) is 16.3 Å². The summed E-state index contributed by atoms with van der Waals surface area (Å²) in [5.41, 5.74) is 0.613. The number of benzene rings is 2. The molecule has 3 rings (SSSR count). The summed E-state index contributed by atoms with van der Waals surface area (Å²) in [5.74, 6) is -2.71. The number of cyclic esters (lactones) is 1. The molecule has 1 atom stereocenters. The zero-order valence-corrected chi connectivity index (χ0v) is 13.6. The van der Waals surface area contributed by atoms with Gasteiger partial charge < -0.3 is 10.1 Å². The molecule has 1 aliphatic rings. The van der Waals surface area contributed by atoms with Gasteiger partial charge in [-0.15, -0.1) is 0 Å². The normalized spacial score (nSPS) is 16.7. The first-order valence-electron chi connectivity index (χ1n) is 7.41. The monoisotopic (exact) mass is 366 g/mol. The third-order valence-electron chi connectivity index (χ3n) is 3.68. The topological polar surface area (TPSA) is 58.6 Å². The van der Waals surface area contributed by atoms with Gasteiger partial charge in [-0.1, -0.05) is 11.6 Å². The van der Waals surface area contributed by atoms with Crippen LogP contribution >= 0.6 is 11.6 Å². The summed E-state index contributed by atoms with van der Waals surface area (Å²) in [6.07, 6.45) is -1.09. The van der Waals surface area contributed by atoms with E-state index in [9.17, 15) is 18.4 Å². The number of hydrogen-bond acceptors (Lipinski definition) is 3. The minimum atomic E-state index is -1.10. The lowest BCUT2D eigenvalue weighted by Crippen LogP contribution is -2.34. The standard InChI is InChI=1S/C17H13ClF2N2O3/c18-11-2-4-12(5-3-11)22-9-13(25-17(22)24)8-21-16(23)10-1-6-14(19)15(20)7-10/h1-7,13H,8-9H2,(H,21,23). The molecule has 2 aromatic rings. The summed E-state index contributed by atoms with van der Waals surface area (Å²) in [6.45, 7) is 0.298. The lowest BCUT2D eigenvalue weighted by atomic mass is 10.2. The maximum Gasteiger partial charge on any atom is 0.414 e. The molecule has 0 radical (unpaired) electrons. The Morgan fingerprint density at radius 2 is 1.92 bits per heavy atom.